The first-order valence-corrected chi connectivity index (χ1v) is 7.04. The largest absolute Gasteiger partial charge is 0.484 e. The fourth-order valence-electron chi connectivity index (χ4n) is 1.99. The first-order valence-electron chi connectivity index (χ1n) is 7.04. The van der Waals surface area contributed by atoms with Crippen molar-refractivity contribution in [1.82, 2.24) is 0 Å². The number of carbonyl (C=O) groups is 1. The summed E-state index contributed by atoms with van der Waals surface area (Å²) in [6.07, 6.45) is 0.756. The zero-order valence-electron chi connectivity index (χ0n) is 11.9. The van der Waals surface area contributed by atoms with Crippen LogP contribution in [0.25, 0.3) is 0 Å². The molecule has 1 amide bonds. The molecule has 0 spiro atoms. The van der Waals surface area contributed by atoms with Gasteiger partial charge in [0.1, 0.15) is 5.75 Å². The van der Waals surface area contributed by atoms with Gasteiger partial charge in [-0.1, -0.05) is 36.4 Å². The van der Waals surface area contributed by atoms with Crippen LogP contribution in [0.1, 0.15) is 6.42 Å². The van der Waals surface area contributed by atoms with E-state index in [0.717, 1.165) is 12.1 Å². The highest BCUT2D eigenvalue weighted by atomic mass is 16.5. The molecule has 0 aromatic heterocycles. The minimum Gasteiger partial charge on any atom is -0.484 e. The van der Waals surface area contributed by atoms with E-state index in [1.807, 2.05) is 60.7 Å². The van der Waals surface area contributed by atoms with Crippen LogP contribution in [-0.2, 0) is 4.79 Å². The number of carbonyl (C=O) groups excluding carboxylic acids is 1. The molecule has 0 aliphatic carbocycles. The van der Waals surface area contributed by atoms with Gasteiger partial charge in [0.05, 0.1) is 0 Å². The molecule has 2 aromatic rings. The van der Waals surface area contributed by atoms with Gasteiger partial charge < -0.3 is 15.4 Å². The molecule has 0 radical (unpaired) electrons. The molecule has 0 aliphatic heterocycles. The molecule has 0 fully saturated rings. The fraction of sp³-hybridized carbons (Fsp3) is 0.235. The molecule has 4 nitrogen and oxygen atoms in total. The lowest BCUT2D eigenvalue weighted by Crippen LogP contribution is -2.36. The average molecular weight is 284 g/mol. The third-order valence-corrected chi connectivity index (χ3v) is 3.06. The van der Waals surface area contributed by atoms with Crippen molar-refractivity contribution in [3.63, 3.8) is 0 Å². The van der Waals surface area contributed by atoms with E-state index in [9.17, 15) is 4.79 Å². The summed E-state index contributed by atoms with van der Waals surface area (Å²) < 4.78 is 5.53. The number of hydrogen-bond donors (Lipinski definition) is 1. The lowest BCUT2D eigenvalue weighted by molar-refractivity contribution is -0.120. The van der Waals surface area contributed by atoms with Crippen molar-refractivity contribution in [1.29, 1.82) is 0 Å². The number of para-hydroxylation sites is 2. The van der Waals surface area contributed by atoms with Gasteiger partial charge in [-0.3, -0.25) is 4.79 Å². The first-order chi connectivity index (χ1) is 10.3. The summed E-state index contributed by atoms with van der Waals surface area (Å²) in [7, 11) is 0. The van der Waals surface area contributed by atoms with Crippen LogP contribution in [-0.4, -0.2) is 25.6 Å². The van der Waals surface area contributed by atoms with Crippen LogP contribution >= 0.6 is 0 Å². The molecule has 2 aromatic carbocycles. The van der Waals surface area contributed by atoms with Crippen molar-refractivity contribution in [3.05, 3.63) is 60.7 Å². The standard InChI is InChI=1S/C17H20N2O2/c18-12-7-13-19(15-8-3-1-4-9-15)17(20)14-21-16-10-5-2-6-11-16/h1-6,8-11H,7,12-14,18H2. The van der Waals surface area contributed by atoms with Crippen molar-refractivity contribution in [2.45, 2.75) is 6.42 Å². The van der Waals surface area contributed by atoms with Crippen molar-refractivity contribution in [2.75, 3.05) is 24.6 Å². The maximum absolute atomic E-state index is 12.4. The van der Waals surface area contributed by atoms with Crippen LogP contribution in [0.5, 0.6) is 5.75 Å². The molecule has 110 valence electrons. The predicted molar refractivity (Wildman–Crippen MR) is 84.4 cm³/mol. The van der Waals surface area contributed by atoms with E-state index in [0.29, 0.717) is 18.8 Å². The number of nitrogens with two attached hydrogens (primary N) is 1. The normalized spacial score (nSPS) is 10.1. The summed E-state index contributed by atoms with van der Waals surface area (Å²) in [5.41, 5.74) is 6.42. The number of amides is 1. The second kappa shape index (κ2) is 8.07. The van der Waals surface area contributed by atoms with Gasteiger partial charge in [-0.2, -0.15) is 0 Å². The summed E-state index contributed by atoms with van der Waals surface area (Å²) in [4.78, 5) is 14.1. The molecule has 0 saturated carbocycles. The van der Waals surface area contributed by atoms with E-state index in [1.54, 1.807) is 4.90 Å². The molecule has 2 N–H and O–H groups in total. The van der Waals surface area contributed by atoms with Crippen LogP contribution in [0.2, 0.25) is 0 Å². The van der Waals surface area contributed by atoms with Gasteiger partial charge in [0.25, 0.3) is 5.91 Å². The van der Waals surface area contributed by atoms with Crippen LogP contribution in [0.3, 0.4) is 0 Å². The third kappa shape index (κ3) is 4.61. The number of rotatable bonds is 7. The SMILES string of the molecule is NCCCN(C(=O)COc1ccccc1)c1ccccc1. The topological polar surface area (TPSA) is 55.6 Å². The maximum Gasteiger partial charge on any atom is 0.264 e. The lowest BCUT2D eigenvalue weighted by Gasteiger charge is -2.22. The predicted octanol–water partition coefficient (Wildman–Crippen LogP) is 2.45. The van der Waals surface area contributed by atoms with Crippen LogP contribution < -0.4 is 15.4 Å². The highest BCUT2D eigenvalue weighted by molar-refractivity contribution is 5.94. The van der Waals surface area contributed by atoms with Crippen LogP contribution in [0, 0.1) is 0 Å². The summed E-state index contributed by atoms with van der Waals surface area (Å²) in [6, 6.07) is 18.9. The van der Waals surface area contributed by atoms with E-state index >= 15 is 0 Å². The van der Waals surface area contributed by atoms with E-state index in [2.05, 4.69) is 0 Å². The summed E-state index contributed by atoms with van der Waals surface area (Å²) in [5, 5.41) is 0. The summed E-state index contributed by atoms with van der Waals surface area (Å²) >= 11 is 0. The highest BCUT2D eigenvalue weighted by Crippen LogP contribution is 2.15. The first kappa shape index (κ1) is 15.1. The molecule has 0 heterocycles. The molecule has 0 unspecified atom stereocenters. The Morgan fingerprint density at radius 2 is 1.62 bits per heavy atom. The van der Waals surface area contributed by atoms with Gasteiger partial charge in [-0.05, 0) is 37.2 Å². The van der Waals surface area contributed by atoms with Gasteiger partial charge in [0.2, 0.25) is 0 Å². The Morgan fingerprint density at radius 1 is 1.00 bits per heavy atom. The van der Waals surface area contributed by atoms with Gasteiger partial charge in [0.15, 0.2) is 6.61 Å². The second-order valence-corrected chi connectivity index (χ2v) is 4.62. The summed E-state index contributed by atoms with van der Waals surface area (Å²) in [5.74, 6) is 0.621. The van der Waals surface area contributed by atoms with E-state index in [4.69, 9.17) is 10.5 Å². The average Bonchev–Trinajstić information content (AvgIpc) is 2.55. The molecule has 2 rings (SSSR count). The monoisotopic (exact) mass is 284 g/mol. The maximum atomic E-state index is 12.4. The van der Waals surface area contributed by atoms with Gasteiger partial charge in [0, 0.05) is 12.2 Å². The summed E-state index contributed by atoms with van der Waals surface area (Å²) in [6.45, 7) is 1.16. The Kier molecular flexibility index (Phi) is 5.79. The van der Waals surface area contributed by atoms with Crippen LogP contribution in [0.4, 0.5) is 5.69 Å². The third-order valence-electron chi connectivity index (χ3n) is 3.06. The molecular weight excluding hydrogens is 264 g/mol. The zero-order valence-corrected chi connectivity index (χ0v) is 11.9. The molecule has 21 heavy (non-hydrogen) atoms. The Labute approximate surface area is 125 Å². The fourth-order valence-corrected chi connectivity index (χ4v) is 1.99. The molecule has 0 bridgehead atoms. The number of nitrogens with zero attached hydrogens (tertiary/aromatic N) is 1. The smallest absolute Gasteiger partial charge is 0.264 e. The Bertz CT molecular complexity index is 543. The molecular formula is C17H20N2O2. The minimum absolute atomic E-state index is 0.0173. The molecule has 0 atom stereocenters. The number of ether oxygens (including phenoxy) is 1. The number of anilines is 1. The van der Waals surface area contributed by atoms with Gasteiger partial charge >= 0.3 is 0 Å². The Balaban J connectivity index is 2.01. The second-order valence-electron chi connectivity index (χ2n) is 4.62. The lowest BCUT2D eigenvalue weighted by atomic mass is 10.2. The van der Waals surface area contributed by atoms with Crippen molar-refractivity contribution in [3.8, 4) is 5.75 Å². The van der Waals surface area contributed by atoms with Crippen LogP contribution in [0.15, 0.2) is 60.7 Å². The molecule has 0 aliphatic rings. The zero-order chi connectivity index (χ0) is 14.9. The minimum atomic E-state index is -0.0708. The van der Waals surface area contributed by atoms with E-state index in [-0.39, 0.29) is 12.5 Å². The Hall–Kier alpha value is -2.33. The van der Waals surface area contributed by atoms with Gasteiger partial charge in [-0.15, -0.1) is 0 Å². The Morgan fingerprint density at radius 3 is 2.24 bits per heavy atom. The molecule has 0 saturated heterocycles. The quantitative estimate of drug-likeness (QED) is 0.849. The van der Waals surface area contributed by atoms with E-state index in [1.165, 1.54) is 0 Å². The van der Waals surface area contributed by atoms with Gasteiger partial charge in [-0.25, -0.2) is 0 Å². The van der Waals surface area contributed by atoms with Crippen molar-refractivity contribution in [2.24, 2.45) is 5.73 Å². The number of benzene rings is 2. The highest BCUT2D eigenvalue weighted by Gasteiger charge is 2.15. The van der Waals surface area contributed by atoms with Crippen molar-refractivity contribution < 1.29 is 9.53 Å². The number of hydrogen-bond acceptors (Lipinski definition) is 3. The van der Waals surface area contributed by atoms with Crippen molar-refractivity contribution >= 4 is 11.6 Å². The molecule has 4 heteroatoms. The van der Waals surface area contributed by atoms with E-state index < -0.39 is 0 Å².